The van der Waals surface area contributed by atoms with Gasteiger partial charge >= 0.3 is 0 Å². The average Bonchev–Trinajstić information content (AvgIpc) is 2.68. The molecular formula is C11H10Cl2N2S. The molecule has 5 heteroatoms. The number of nitrogens with two attached hydrogens (primary N) is 1. The van der Waals surface area contributed by atoms with E-state index in [1.54, 1.807) is 23.5 Å². The van der Waals surface area contributed by atoms with Crippen LogP contribution in [0.1, 0.15) is 4.88 Å². The summed E-state index contributed by atoms with van der Waals surface area (Å²) in [5, 5.41) is 6.32. The maximum atomic E-state index is 6.05. The van der Waals surface area contributed by atoms with Crippen molar-refractivity contribution in [2.75, 3.05) is 11.1 Å². The molecule has 0 amide bonds. The van der Waals surface area contributed by atoms with Crippen LogP contribution < -0.4 is 11.1 Å². The van der Waals surface area contributed by atoms with Crippen LogP contribution in [-0.2, 0) is 6.54 Å². The van der Waals surface area contributed by atoms with Crippen molar-refractivity contribution in [1.82, 2.24) is 0 Å². The van der Waals surface area contributed by atoms with Crippen molar-refractivity contribution in [2.45, 2.75) is 6.54 Å². The Labute approximate surface area is 108 Å². The number of benzene rings is 1. The minimum atomic E-state index is 0.543. The molecule has 3 N–H and O–H groups in total. The van der Waals surface area contributed by atoms with Crippen LogP contribution in [0.4, 0.5) is 11.4 Å². The van der Waals surface area contributed by atoms with Crippen molar-refractivity contribution in [3.05, 3.63) is 44.6 Å². The first-order chi connectivity index (χ1) is 7.66. The van der Waals surface area contributed by atoms with Gasteiger partial charge in [-0.15, -0.1) is 11.3 Å². The molecule has 16 heavy (non-hydrogen) atoms. The Morgan fingerprint density at radius 2 is 1.94 bits per heavy atom. The highest BCUT2D eigenvalue weighted by atomic mass is 35.5. The van der Waals surface area contributed by atoms with Gasteiger partial charge in [-0.3, -0.25) is 0 Å². The molecule has 0 saturated heterocycles. The van der Waals surface area contributed by atoms with Gasteiger partial charge in [-0.05, 0) is 23.6 Å². The van der Waals surface area contributed by atoms with Gasteiger partial charge in [-0.1, -0.05) is 29.3 Å². The molecule has 0 aliphatic heterocycles. The summed E-state index contributed by atoms with van der Waals surface area (Å²) in [5.74, 6) is 0. The molecule has 0 bridgehead atoms. The minimum absolute atomic E-state index is 0.543. The van der Waals surface area contributed by atoms with Gasteiger partial charge in [0, 0.05) is 17.1 Å². The summed E-state index contributed by atoms with van der Waals surface area (Å²) in [6.07, 6.45) is 0. The summed E-state index contributed by atoms with van der Waals surface area (Å²) in [6, 6.07) is 7.43. The maximum absolute atomic E-state index is 6.05. The molecule has 0 aliphatic rings. The third kappa shape index (κ3) is 2.61. The largest absolute Gasteiger partial charge is 0.399 e. The van der Waals surface area contributed by atoms with Crippen molar-refractivity contribution in [3.63, 3.8) is 0 Å². The first kappa shape index (κ1) is 11.6. The number of thiophene rings is 1. The molecule has 0 radical (unpaired) electrons. The fraction of sp³-hybridized carbons (Fsp3) is 0.0909. The number of nitrogens with one attached hydrogen (secondary N) is 1. The normalized spacial score (nSPS) is 10.4. The van der Waals surface area contributed by atoms with Gasteiger partial charge in [0.15, 0.2) is 0 Å². The van der Waals surface area contributed by atoms with Crippen LogP contribution in [0.25, 0.3) is 0 Å². The van der Waals surface area contributed by atoms with Crippen LogP contribution >= 0.6 is 34.5 Å². The highest BCUT2D eigenvalue weighted by Gasteiger charge is 2.06. The molecule has 0 aliphatic carbocycles. The Bertz CT molecular complexity index is 460. The number of anilines is 2. The number of hydrogen-bond donors (Lipinski definition) is 2. The van der Waals surface area contributed by atoms with E-state index in [0.717, 1.165) is 5.69 Å². The van der Waals surface area contributed by atoms with E-state index in [0.29, 0.717) is 22.3 Å². The van der Waals surface area contributed by atoms with Gasteiger partial charge in [-0.2, -0.15) is 0 Å². The SMILES string of the molecule is Nc1cc(Cl)c(NCc2cccs2)c(Cl)c1. The van der Waals surface area contributed by atoms with Crippen LogP contribution in [0.15, 0.2) is 29.6 Å². The lowest BCUT2D eigenvalue weighted by Crippen LogP contribution is -1.99. The number of hydrogen-bond acceptors (Lipinski definition) is 3. The number of nitrogen functional groups attached to an aromatic ring is 1. The van der Waals surface area contributed by atoms with E-state index in [-0.39, 0.29) is 0 Å². The summed E-state index contributed by atoms with van der Waals surface area (Å²) in [5.41, 5.74) is 6.92. The molecule has 0 saturated carbocycles. The van der Waals surface area contributed by atoms with E-state index < -0.39 is 0 Å². The van der Waals surface area contributed by atoms with Crippen molar-refractivity contribution >= 4 is 45.9 Å². The lowest BCUT2D eigenvalue weighted by molar-refractivity contribution is 1.19. The van der Waals surface area contributed by atoms with E-state index in [1.165, 1.54) is 4.88 Å². The second kappa shape index (κ2) is 4.95. The van der Waals surface area contributed by atoms with Crippen LogP contribution in [0.5, 0.6) is 0 Å². The lowest BCUT2D eigenvalue weighted by Gasteiger charge is -2.10. The molecule has 0 spiro atoms. The average molecular weight is 273 g/mol. The molecule has 2 rings (SSSR count). The predicted octanol–water partition coefficient (Wildman–Crippen LogP) is 4.25. The standard InChI is InChI=1S/C11H10Cl2N2S/c12-9-4-7(14)5-10(13)11(9)15-6-8-2-1-3-16-8/h1-5,15H,6,14H2. The monoisotopic (exact) mass is 272 g/mol. The van der Waals surface area contributed by atoms with Crippen molar-refractivity contribution in [3.8, 4) is 0 Å². The van der Waals surface area contributed by atoms with Gasteiger partial charge in [0.25, 0.3) is 0 Å². The topological polar surface area (TPSA) is 38.0 Å². The first-order valence-electron chi connectivity index (χ1n) is 4.67. The first-order valence-corrected chi connectivity index (χ1v) is 6.31. The lowest BCUT2D eigenvalue weighted by atomic mass is 10.2. The maximum Gasteiger partial charge on any atom is 0.0723 e. The fourth-order valence-corrected chi connectivity index (χ4v) is 2.63. The molecular weight excluding hydrogens is 263 g/mol. The fourth-order valence-electron chi connectivity index (χ4n) is 1.35. The van der Waals surface area contributed by atoms with Gasteiger partial charge in [0.2, 0.25) is 0 Å². The quantitative estimate of drug-likeness (QED) is 0.820. The van der Waals surface area contributed by atoms with E-state index in [9.17, 15) is 0 Å². The van der Waals surface area contributed by atoms with Crippen molar-refractivity contribution < 1.29 is 0 Å². The molecule has 0 atom stereocenters. The predicted molar refractivity (Wildman–Crippen MR) is 72.5 cm³/mol. The zero-order chi connectivity index (χ0) is 11.5. The summed E-state index contributed by atoms with van der Waals surface area (Å²) >= 11 is 13.8. The van der Waals surface area contributed by atoms with E-state index in [2.05, 4.69) is 11.4 Å². The molecule has 1 aromatic heterocycles. The second-order valence-corrected chi connectivity index (χ2v) is 5.14. The number of halogens is 2. The molecule has 84 valence electrons. The van der Waals surface area contributed by atoms with Crippen LogP contribution in [0.3, 0.4) is 0 Å². The third-order valence-electron chi connectivity index (χ3n) is 2.08. The smallest absolute Gasteiger partial charge is 0.0723 e. The number of rotatable bonds is 3. The minimum Gasteiger partial charge on any atom is -0.399 e. The molecule has 2 aromatic rings. The molecule has 1 heterocycles. The van der Waals surface area contributed by atoms with Crippen LogP contribution in [0.2, 0.25) is 10.0 Å². The van der Waals surface area contributed by atoms with Gasteiger partial charge in [0.1, 0.15) is 0 Å². The second-order valence-electron chi connectivity index (χ2n) is 3.29. The Hall–Kier alpha value is -0.900. The van der Waals surface area contributed by atoms with E-state index >= 15 is 0 Å². The Morgan fingerprint density at radius 3 is 2.50 bits per heavy atom. The summed E-state index contributed by atoms with van der Waals surface area (Å²) in [4.78, 5) is 1.23. The highest BCUT2D eigenvalue weighted by molar-refractivity contribution is 7.09. The van der Waals surface area contributed by atoms with E-state index in [4.69, 9.17) is 28.9 Å². The molecule has 0 fully saturated rings. The van der Waals surface area contributed by atoms with Crippen LogP contribution in [0, 0.1) is 0 Å². The van der Waals surface area contributed by atoms with Gasteiger partial charge in [-0.25, -0.2) is 0 Å². The third-order valence-corrected chi connectivity index (χ3v) is 3.56. The molecule has 2 nitrogen and oxygen atoms in total. The van der Waals surface area contributed by atoms with Crippen molar-refractivity contribution in [2.24, 2.45) is 0 Å². The Morgan fingerprint density at radius 1 is 1.25 bits per heavy atom. The molecule has 1 aromatic carbocycles. The zero-order valence-corrected chi connectivity index (χ0v) is 10.7. The summed E-state index contributed by atoms with van der Waals surface area (Å²) < 4.78 is 0. The van der Waals surface area contributed by atoms with Gasteiger partial charge in [0.05, 0.1) is 15.7 Å². The summed E-state index contributed by atoms with van der Waals surface area (Å²) in [7, 11) is 0. The molecule has 0 unspecified atom stereocenters. The zero-order valence-electron chi connectivity index (χ0n) is 8.34. The highest BCUT2D eigenvalue weighted by Crippen LogP contribution is 2.33. The summed E-state index contributed by atoms with van der Waals surface area (Å²) in [6.45, 7) is 0.709. The Balaban J connectivity index is 2.15. The Kier molecular flexibility index (Phi) is 3.59. The van der Waals surface area contributed by atoms with E-state index in [1.807, 2.05) is 11.4 Å². The van der Waals surface area contributed by atoms with Crippen molar-refractivity contribution in [1.29, 1.82) is 0 Å². The van der Waals surface area contributed by atoms with Gasteiger partial charge < -0.3 is 11.1 Å². The van der Waals surface area contributed by atoms with Crippen LogP contribution in [-0.4, -0.2) is 0 Å².